The van der Waals surface area contributed by atoms with E-state index >= 15 is 0 Å². The third-order valence-corrected chi connectivity index (χ3v) is 5.02. The Balaban J connectivity index is 1.56. The fourth-order valence-corrected chi connectivity index (χ4v) is 3.73. The number of rotatable bonds is 4. The van der Waals surface area contributed by atoms with Crippen LogP contribution in [-0.4, -0.2) is 36.6 Å². The molecule has 2 saturated heterocycles. The van der Waals surface area contributed by atoms with Crippen LogP contribution in [0.1, 0.15) is 24.8 Å². The Morgan fingerprint density at radius 2 is 2.00 bits per heavy atom. The van der Waals surface area contributed by atoms with Crippen LogP contribution in [0.5, 0.6) is 0 Å². The lowest BCUT2D eigenvalue weighted by Gasteiger charge is -2.35. The van der Waals surface area contributed by atoms with Crippen LogP contribution in [0, 0.1) is 23.5 Å². The van der Waals surface area contributed by atoms with Crippen molar-refractivity contribution in [1.82, 2.24) is 4.90 Å². The standard InChI is InChI=1S/C17H22F2N2O2/c18-14-3-1-2-12(15(14)19)10-21-7-4-11(5-8-21)16-13(17(20)22)6-9-23-16/h1-3,11,13,16H,4-10H2,(H2,20,22)/t13-,16+/m0/s1. The molecule has 1 amide bonds. The Bertz CT molecular complexity index is 574. The number of carbonyl (C=O) groups is 1. The summed E-state index contributed by atoms with van der Waals surface area (Å²) in [5.41, 5.74) is 5.83. The zero-order valence-corrected chi connectivity index (χ0v) is 13.0. The predicted octanol–water partition coefficient (Wildman–Crippen LogP) is 2.07. The van der Waals surface area contributed by atoms with Crippen molar-refractivity contribution in [3.63, 3.8) is 0 Å². The first kappa shape index (κ1) is 16.3. The topological polar surface area (TPSA) is 55.6 Å². The summed E-state index contributed by atoms with van der Waals surface area (Å²) in [5.74, 6) is -1.73. The molecule has 2 aliphatic rings. The summed E-state index contributed by atoms with van der Waals surface area (Å²) in [5, 5.41) is 0. The second-order valence-corrected chi connectivity index (χ2v) is 6.46. The lowest BCUT2D eigenvalue weighted by molar-refractivity contribution is -0.124. The first-order chi connectivity index (χ1) is 11.1. The van der Waals surface area contributed by atoms with Gasteiger partial charge in [0.05, 0.1) is 12.0 Å². The summed E-state index contributed by atoms with van der Waals surface area (Å²) in [4.78, 5) is 13.6. The summed E-state index contributed by atoms with van der Waals surface area (Å²) in [6.07, 6.45) is 2.38. The molecule has 0 saturated carbocycles. The number of halogens is 2. The smallest absolute Gasteiger partial charge is 0.223 e. The van der Waals surface area contributed by atoms with E-state index in [-0.39, 0.29) is 17.9 Å². The molecule has 0 spiro atoms. The maximum Gasteiger partial charge on any atom is 0.223 e. The zero-order valence-electron chi connectivity index (χ0n) is 13.0. The van der Waals surface area contributed by atoms with Gasteiger partial charge in [-0.3, -0.25) is 9.69 Å². The molecule has 23 heavy (non-hydrogen) atoms. The van der Waals surface area contributed by atoms with Crippen LogP contribution in [-0.2, 0) is 16.1 Å². The van der Waals surface area contributed by atoms with Gasteiger partial charge in [-0.15, -0.1) is 0 Å². The minimum Gasteiger partial charge on any atom is -0.377 e. The van der Waals surface area contributed by atoms with Crippen molar-refractivity contribution in [2.75, 3.05) is 19.7 Å². The molecule has 2 atom stereocenters. The SMILES string of the molecule is NC(=O)[C@H]1CCO[C@@H]1C1CCN(Cc2cccc(F)c2F)CC1. The number of nitrogens with zero attached hydrogens (tertiary/aromatic N) is 1. The maximum absolute atomic E-state index is 13.7. The second-order valence-electron chi connectivity index (χ2n) is 6.46. The van der Waals surface area contributed by atoms with Gasteiger partial charge in [-0.1, -0.05) is 12.1 Å². The predicted molar refractivity (Wildman–Crippen MR) is 81.4 cm³/mol. The lowest BCUT2D eigenvalue weighted by Crippen LogP contribution is -2.42. The molecule has 2 fully saturated rings. The first-order valence-corrected chi connectivity index (χ1v) is 8.12. The Hall–Kier alpha value is -1.53. The highest BCUT2D eigenvalue weighted by molar-refractivity contribution is 5.77. The van der Waals surface area contributed by atoms with Gasteiger partial charge < -0.3 is 10.5 Å². The van der Waals surface area contributed by atoms with Gasteiger partial charge in [0, 0.05) is 18.7 Å². The van der Waals surface area contributed by atoms with Crippen molar-refractivity contribution in [2.45, 2.75) is 31.9 Å². The molecule has 0 bridgehead atoms. The first-order valence-electron chi connectivity index (χ1n) is 8.12. The van der Waals surface area contributed by atoms with Crippen molar-refractivity contribution in [1.29, 1.82) is 0 Å². The molecular weight excluding hydrogens is 302 g/mol. The van der Waals surface area contributed by atoms with E-state index in [9.17, 15) is 13.6 Å². The largest absolute Gasteiger partial charge is 0.377 e. The van der Waals surface area contributed by atoms with Gasteiger partial charge in [0.25, 0.3) is 0 Å². The third kappa shape index (κ3) is 3.53. The molecule has 4 nitrogen and oxygen atoms in total. The van der Waals surface area contributed by atoms with E-state index in [2.05, 4.69) is 4.90 Å². The molecule has 1 aromatic rings. The number of benzene rings is 1. The molecule has 2 aliphatic heterocycles. The van der Waals surface area contributed by atoms with Crippen LogP contribution >= 0.6 is 0 Å². The third-order valence-electron chi connectivity index (χ3n) is 5.02. The maximum atomic E-state index is 13.7. The summed E-state index contributed by atoms with van der Waals surface area (Å²) in [6.45, 7) is 2.56. The van der Waals surface area contributed by atoms with Crippen LogP contribution < -0.4 is 5.73 Å². The van der Waals surface area contributed by atoms with Crippen LogP contribution in [0.15, 0.2) is 18.2 Å². The number of ether oxygens (including phenoxy) is 1. The van der Waals surface area contributed by atoms with Crippen LogP contribution in [0.25, 0.3) is 0 Å². The van der Waals surface area contributed by atoms with E-state index in [1.165, 1.54) is 6.07 Å². The number of hydrogen-bond donors (Lipinski definition) is 1. The number of piperidine rings is 1. The van der Waals surface area contributed by atoms with Crippen LogP contribution in [0.2, 0.25) is 0 Å². The van der Waals surface area contributed by atoms with E-state index in [1.807, 2.05) is 0 Å². The number of primary amides is 1. The quantitative estimate of drug-likeness (QED) is 0.922. The van der Waals surface area contributed by atoms with Gasteiger partial charge in [0.2, 0.25) is 5.91 Å². The Morgan fingerprint density at radius 3 is 2.70 bits per heavy atom. The summed E-state index contributed by atoms with van der Waals surface area (Å²) in [7, 11) is 0. The molecule has 0 unspecified atom stereocenters. The molecule has 6 heteroatoms. The van der Waals surface area contributed by atoms with E-state index in [1.54, 1.807) is 6.07 Å². The number of likely N-dealkylation sites (tertiary alicyclic amines) is 1. The van der Waals surface area contributed by atoms with E-state index in [0.717, 1.165) is 32.0 Å². The summed E-state index contributed by atoms with van der Waals surface area (Å²) in [6, 6.07) is 4.28. The molecule has 126 valence electrons. The molecule has 0 radical (unpaired) electrons. The molecule has 1 aromatic carbocycles. The van der Waals surface area contributed by atoms with Crippen LogP contribution in [0.4, 0.5) is 8.78 Å². The molecule has 2 heterocycles. The van der Waals surface area contributed by atoms with Crippen molar-refractivity contribution in [3.05, 3.63) is 35.4 Å². The summed E-state index contributed by atoms with van der Waals surface area (Å²) < 4.78 is 32.7. The number of hydrogen-bond acceptors (Lipinski definition) is 3. The van der Waals surface area contributed by atoms with Gasteiger partial charge in [-0.05, 0) is 44.3 Å². The summed E-state index contributed by atoms with van der Waals surface area (Å²) >= 11 is 0. The zero-order chi connectivity index (χ0) is 16.4. The Morgan fingerprint density at radius 1 is 1.26 bits per heavy atom. The van der Waals surface area contributed by atoms with E-state index < -0.39 is 11.6 Å². The van der Waals surface area contributed by atoms with Crippen molar-refractivity contribution in [3.8, 4) is 0 Å². The average Bonchev–Trinajstić information content (AvgIpc) is 3.02. The van der Waals surface area contributed by atoms with E-state index in [4.69, 9.17) is 10.5 Å². The number of nitrogens with two attached hydrogens (primary N) is 1. The van der Waals surface area contributed by atoms with Gasteiger partial charge in [-0.25, -0.2) is 8.78 Å². The van der Waals surface area contributed by atoms with Crippen molar-refractivity contribution >= 4 is 5.91 Å². The molecule has 0 aromatic heterocycles. The van der Waals surface area contributed by atoms with Crippen molar-refractivity contribution < 1.29 is 18.3 Å². The second kappa shape index (κ2) is 6.93. The average molecular weight is 324 g/mol. The van der Waals surface area contributed by atoms with Crippen LogP contribution in [0.3, 0.4) is 0 Å². The highest BCUT2D eigenvalue weighted by Crippen LogP contribution is 2.33. The van der Waals surface area contributed by atoms with Gasteiger partial charge in [0.15, 0.2) is 11.6 Å². The van der Waals surface area contributed by atoms with Gasteiger partial charge in [-0.2, -0.15) is 0 Å². The Labute approximate surface area is 134 Å². The monoisotopic (exact) mass is 324 g/mol. The molecule has 0 aliphatic carbocycles. The minimum absolute atomic E-state index is 0.0828. The van der Waals surface area contributed by atoms with E-state index in [0.29, 0.717) is 31.1 Å². The lowest BCUT2D eigenvalue weighted by atomic mass is 9.84. The highest BCUT2D eigenvalue weighted by atomic mass is 19.2. The minimum atomic E-state index is -0.805. The molecular formula is C17H22F2N2O2. The van der Waals surface area contributed by atoms with Gasteiger partial charge in [0.1, 0.15) is 0 Å². The fraction of sp³-hybridized carbons (Fsp3) is 0.588. The number of amides is 1. The highest BCUT2D eigenvalue weighted by Gasteiger charge is 2.39. The molecule has 2 N–H and O–H groups in total. The van der Waals surface area contributed by atoms with Crippen molar-refractivity contribution in [2.24, 2.45) is 17.6 Å². The Kier molecular flexibility index (Phi) is 4.92. The molecule has 3 rings (SSSR count). The normalized spacial score (nSPS) is 26.5. The fourth-order valence-electron chi connectivity index (χ4n) is 3.73. The number of carbonyl (C=O) groups excluding carboxylic acids is 1. The van der Waals surface area contributed by atoms with Gasteiger partial charge >= 0.3 is 0 Å².